The number of piperazine rings is 1. The first-order valence-electron chi connectivity index (χ1n) is 14.4. The van der Waals surface area contributed by atoms with E-state index in [1.807, 2.05) is 4.90 Å². The highest BCUT2D eigenvalue weighted by Gasteiger charge is 2.39. The first kappa shape index (κ1) is 33.9. The fourth-order valence-corrected chi connectivity index (χ4v) is 6.15. The normalized spacial score (nSPS) is 22.3. The Balaban J connectivity index is 1.61. The summed E-state index contributed by atoms with van der Waals surface area (Å²) < 4.78 is 100. The van der Waals surface area contributed by atoms with Gasteiger partial charge in [-0.1, -0.05) is 12.5 Å². The standard InChI is InChI=1S/C30H36F7N3O4/c1-44-27-12-19(5-6-26(27)31)11-25-16-38(7-9-39-23(17-41)3-2-4-24(39)18-42)8-10-40(25)28(43)20-13-21(29(32,33)34)15-22(14-20)30(35,36)37/h5-6,12-15,23-25,41-42H,2-4,7-11,16-18H2,1H3/t23-,24+,25-/m1/s1. The summed E-state index contributed by atoms with van der Waals surface area (Å²) in [4.78, 5) is 19.0. The molecule has 0 radical (unpaired) electrons. The molecule has 2 heterocycles. The van der Waals surface area contributed by atoms with E-state index < -0.39 is 46.8 Å². The van der Waals surface area contributed by atoms with Crippen LogP contribution in [0.1, 0.15) is 46.3 Å². The summed E-state index contributed by atoms with van der Waals surface area (Å²) in [5.41, 5.74) is -3.32. The minimum absolute atomic E-state index is 0.0170. The van der Waals surface area contributed by atoms with Crippen molar-refractivity contribution in [2.24, 2.45) is 0 Å². The number of rotatable bonds is 9. The Morgan fingerprint density at radius 1 is 0.886 bits per heavy atom. The third-order valence-corrected chi connectivity index (χ3v) is 8.46. The Morgan fingerprint density at radius 3 is 2.05 bits per heavy atom. The number of nitrogens with zero attached hydrogens (tertiary/aromatic N) is 3. The molecule has 0 bridgehead atoms. The van der Waals surface area contributed by atoms with Crippen LogP contribution in [-0.2, 0) is 18.8 Å². The molecule has 2 saturated heterocycles. The average Bonchev–Trinajstić information content (AvgIpc) is 2.99. The van der Waals surface area contributed by atoms with Crippen LogP contribution in [0.4, 0.5) is 30.7 Å². The lowest BCUT2D eigenvalue weighted by atomic mass is 9.96. The van der Waals surface area contributed by atoms with Crippen LogP contribution in [0.2, 0.25) is 0 Å². The largest absolute Gasteiger partial charge is 0.494 e. The van der Waals surface area contributed by atoms with Gasteiger partial charge in [-0.25, -0.2) is 4.39 Å². The van der Waals surface area contributed by atoms with Crippen molar-refractivity contribution in [3.8, 4) is 5.75 Å². The number of likely N-dealkylation sites (tertiary alicyclic amines) is 1. The lowest BCUT2D eigenvalue weighted by Crippen LogP contribution is -2.58. The van der Waals surface area contributed by atoms with Gasteiger partial charge in [0.15, 0.2) is 11.6 Å². The van der Waals surface area contributed by atoms with Crippen LogP contribution < -0.4 is 4.74 Å². The summed E-state index contributed by atoms with van der Waals surface area (Å²) in [6, 6.07) is 4.04. The van der Waals surface area contributed by atoms with Crippen molar-refractivity contribution >= 4 is 5.91 Å². The predicted molar refractivity (Wildman–Crippen MR) is 147 cm³/mol. The number of hydrogen-bond donors (Lipinski definition) is 2. The van der Waals surface area contributed by atoms with Crippen molar-refractivity contribution in [2.75, 3.05) is 53.0 Å². The van der Waals surface area contributed by atoms with Gasteiger partial charge in [0.1, 0.15) is 0 Å². The van der Waals surface area contributed by atoms with Gasteiger partial charge in [0.05, 0.1) is 31.5 Å². The second kappa shape index (κ2) is 14.0. The van der Waals surface area contributed by atoms with E-state index in [0.717, 1.165) is 19.3 Å². The summed E-state index contributed by atoms with van der Waals surface area (Å²) >= 11 is 0. The fourth-order valence-electron chi connectivity index (χ4n) is 6.15. The third kappa shape index (κ3) is 8.01. The molecule has 2 aromatic rings. The van der Waals surface area contributed by atoms with Crippen molar-refractivity contribution in [3.05, 3.63) is 64.5 Å². The Labute approximate surface area is 250 Å². The minimum Gasteiger partial charge on any atom is -0.494 e. The summed E-state index contributed by atoms with van der Waals surface area (Å²) in [6.45, 7) is 1.41. The number of carbonyl (C=O) groups excluding carboxylic acids is 1. The van der Waals surface area contributed by atoms with Crippen LogP contribution in [0.25, 0.3) is 0 Å². The molecule has 4 rings (SSSR count). The summed E-state index contributed by atoms with van der Waals surface area (Å²) in [6.07, 6.45) is -7.64. The van der Waals surface area contributed by atoms with Crippen molar-refractivity contribution in [1.82, 2.24) is 14.7 Å². The van der Waals surface area contributed by atoms with Crippen molar-refractivity contribution < 1.29 is 50.5 Å². The van der Waals surface area contributed by atoms with Crippen molar-refractivity contribution in [1.29, 1.82) is 0 Å². The smallest absolute Gasteiger partial charge is 0.416 e. The van der Waals surface area contributed by atoms with Crippen molar-refractivity contribution in [2.45, 2.75) is 56.2 Å². The monoisotopic (exact) mass is 635 g/mol. The number of hydrogen-bond acceptors (Lipinski definition) is 6. The number of benzene rings is 2. The number of carbonyl (C=O) groups is 1. The number of alkyl halides is 6. The maximum absolute atomic E-state index is 14.1. The van der Waals surface area contributed by atoms with Gasteiger partial charge in [0, 0.05) is 56.4 Å². The molecule has 7 nitrogen and oxygen atoms in total. The maximum atomic E-state index is 14.1. The van der Waals surface area contributed by atoms with Crippen LogP contribution in [0.5, 0.6) is 5.75 Å². The van der Waals surface area contributed by atoms with E-state index in [9.17, 15) is 45.7 Å². The van der Waals surface area contributed by atoms with E-state index in [2.05, 4.69) is 4.90 Å². The number of halogens is 7. The van der Waals surface area contributed by atoms with Gasteiger partial charge in [0.2, 0.25) is 0 Å². The number of aliphatic hydroxyl groups excluding tert-OH is 2. The second-order valence-corrected chi connectivity index (χ2v) is 11.3. The zero-order valence-corrected chi connectivity index (χ0v) is 24.2. The molecule has 1 amide bonds. The SMILES string of the molecule is COc1cc(C[C@@H]2CN(CCN3[C@H](CO)CCC[C@@H]3CO)CCN2C(=O)c2cc(C(F)(F)F)cc(C(F)(F)F)c2)ccc1F. The molecular weight excluding hydrogens is 599 g/mol. The Morgan fingerprint density at radius 2 is 1.50 bits per heavy atom. The van der Waals surface area contributed by atoms with Gasteiger partial charge in [-0.2, -0.15) is 26.3 Å². The molecule has 2 aromatic carbocycles. The van der Waals surface area contributed by atoms with Gasteiger partial charge in [-0.3, -0.25) is 14.6 Å². The van der Waals surface area contributed by atoms with Crippen LogP contribution in [-0.4, -0.2) is 102 Å². The third-order valence-electron chi connectivity index (χ3n) is 8.46. The maximum Gasteiger partial charge on any atom is 0.416 e. The van der Waals surface area contributed by atoms with Gasteiger partial charge >= 0.3 is 12.4 Å². The number of methoxy groups -OCH3 is 1. The highest BCUT2D eigenvalue weighted by Crippen LogP contribution is 2.37. The molecule has 2 N–H and O–H groups in total. The summed E-state index contributed by atoms with van der Waals surface area (Å²) in [5.74, 6) is -1.63. The van der Waals surface area contributed by atoms with E-state index >= 15 is 0 Å². The van der Waals surface area contributed by atoms with E-state index in [1.165, 1.54) is 30.2 Å². The Hall–Kier alpha value is -2.94. The number of amides is 1. The van der Waals surface area contributed by atoms with Crippen LogP contribution >= 0.6 is 0 Å². The first-order chi connectivity index (χ1) is 20.7. The van der Waals surface area contributed by atoms with Crippen LogP contribution in [0, 0.1) is 5.82 Å². The first-order valence-corrected chi connectivity index (χ1v) is 14.4. The highest BCUT2D eigenvalue weighted by molar-refractivity contribution is 5.95. The van der Waals surface area contributed by atoms with Gasteiger partial charge < -0.3 is 19.8 Å². The molecular formula is C30H36F7N3O4. The molecule has 44 heavy (non-hydrogen) atoms. The van der Waals surface area contributed by atoms with Gasteiger partial charge in [-0.05, 0) is 55.2 Å². The van der Waals surface area contributed by atoms with E-state index in [-0.39, 0.29) is 56.6 Å². The molecule has 2 aliphatic rings. The zero-order chi connectivity index (χ0) is 32.2. The van der Waals surface area contributed by atoms with Crippen LogP contribution in [0.3, 0.4) is 0 Å². The predicted octanol–water partition coefficient (Wildman–Crippen LogP) is 4.45. The fraction of sp³-hybridized carbons (Fsp3) is 0.567. The second-order valence-electron chi connectivity index (χ2n) is 11.3. The van der Waals surface area contributed by atoms with E-state index in [4.69, 9.17) is 4.74 Å². The topological polar surface area (TPSA) is 76.5 Å². The summed E-state index contributed by atoms with van der Waals surface area (Å²) in [7, 11) is 1.28. The molecule has 0 aromatic heterocycles. The van der Waals surface area contributed by atoms with Gasteiger partial charge in [0.25, 0.3) is 5.91 Å². The number of piperidine rings is 1. The van der Waals surface area contributed by atoms with E-state index in [0.29, 0.717) is 37.3 Å². The molecule has 0 saturated carbocycles. The molecule has 0 aliphatic carbocycles. The number of aliphatic hydroxyl groups is 2. The summed E-state index contributed by atoms with van der Waals surface area (Å²) in [5, 5.41) is 19.7. The molecule has 14 heteroatoms. The molecule has 2 aliphatic heterocycles. The molecule has 244 valence electrons. The quantitative estimate of drug-likeness (QED) is 0.397. The molecule has 3 atom stereocenters. The minimum atomic E-state index is -5.10. The lowest BCUT2D eigenvalue weighted by Gasteiger charge is -2.44. The molecule has 0 spiro atoms. The highest BCUT2D eigenvalue weighted by atomic mass is 19.4. The van der Waals surface area contributed by atoms with Crippen molar-refractivity contribution in [3.63, 3.8) is 0 Å². The van der Waals surface area contributed by atoms with Gasteiger partial charge in [-0.15, -0.1) is 0 Å². The average molecular weight is 636 g/mol. The zero-order valence-electron chi connectivity index (χ0n) is 24.2. The Bertz CT molecular complexity index is 1250. The number of ether oxygens (including phenoxy) is 1. The van der Waals surface area contributed by atoms with Crippen LogP contribution in [0.15, 0.2) is 36.4 Å². The molecule has 2 fully saturated rings. The lowest BCUT2D eigenvalue weighted by molar-refractivity contribution is -0.143. The Kier molecular flexibility index (Phi) is 10.8. The molecule has 0 unspecified atom stereocenters. The van der Waals surface area contributed by atoms with E-state index in [1.54, 1.807) is 0 Å².